The number of aromatic nitrogens is 1. The van der Waals surface area contributed by atoms with Gasteiger partial charge in [-0.15, -0.1) is 0 Å². The number of hydrogen-bond donors (Lipinski definition) is 1. The summed E-state index contributed by atoms with van der Waals surface area (Å²) in [6.07, 6.45) is 4.11. The van der Waals surface area contributed by atoms with E-state index in [1.165, 1.54) is 7.11 Å². The quantitative estimate of drug-likeness (QED) is 0.539. The van der Waals surface area contributed by atoms with Crippen LogP contribution in [0.5, 0.6) is 0 Å². The Morgan fingerprint density at radius 3 is 2.53 bits per heavy atom. The average molecular weight is 457 g/mol. The third-order valence-corrected chi connectivity index (χ3v) is 6.61. The number of methoxy groups -OCH3 is 1. The van der Waals surface area contributed by atoms with Crippen LogP contribution in [-0.2, 0) is 9.53 Å². The molecule has 2 aromatic rings. The minimum absolute atomic E-state index is 0.0369. The van der Waals surface area contributed by atoms with Crippen LogP contribution in [0.2, 0.25) is 0 Å². The Bertz CT molecular complexity index is 1230. The fourth-order valence-electron chi connectivity index (χ4n) is 4.32. The number of nitrogens with zero attached hydrogens (tertiary/aromatic N) is 3. The van der Waals surface area contributed by atoms with Gasteiger partial charge in [0.2, 0.25) is 5.91 Å². The molecule has 34 heavy (non-hydrogen) atoms. The molecule has 0 radical (unpaired) electrons. The minimum Gasteiger partial charge on any atom is -0.464 e. The van der Waals surface area contributed by atoms with Crippen LogP contribution in [0.15, 0.2) is 30.5 Å². The Balaban J connectivity index is 1.64. The highest BCUT2D eigenvalue weighted by atomic mass is 16.5. The van der Waals surface area contributed by atoms with Crippen molar-refractivity contribution in [2.75, 3.05) is 23.9 Å². The van der Waals surface area contributed by atoms with E-state index in [9.17, 15) is 14.9 Å². The number of hydrogen-bond acceptors (Lipinski definition) is 6. The van der Waals surface area contributed by atoms with E-state index in [1.54, 1.807) is 6.20 Å². The molecule has 4 rings (SSSR count). The van der Waals surface area contributed by atoms with E-state index >= 15 is 0 Å². The number of anilines is 2. The monoisotopic (exact) mass is 456 g/mol. The van der Waals surface area contributed by atoms with Crippen LogP contribution in [-0.4, -0.2) is 36.6 Å². The number of aryl methyl sites for hydroxylation is 1. The molecule has 2 heterocycles. The van der Waals surface area contributed by atoms with Crippen LogP contribution >= 0.6 is 0 Å². The number of nitrogens with one attached hydrogen (secondary N) is 1. The Kier molecular flexibility index (Phi) is 6.30. The number of amides is 1. The zero-order valence-corrected chi connectivity index (χ0v) is 19.9. The molecule has 1 saturated heterocycles. The minimum atomic E-state index is -0.560. The number of carbonyl (C=O) groups excluding carboxylic acids is 2. The molecular formula is C27H28N4O3. The highest BCUT2D eigenvalue weighted by molar-refractivity contribution is 5.98. The predicted molar refractivity (Wildman–Crippen MR) is 129 cm³/mol. The lowest BCUT2D eigenvalue weighted by atomic mass is 10.0. The fourth-order valence-corrected chi connectivity index (χ4v) is 4.32. The van der Waals surface area contributed by atoms with Gasteiger partial charge >= 0.3 is 5.97 Å². The maximum atomic E-state index is 12.5. The normalized spacial score (nSPS) is 20.2. The first-order valence-corrected chi connectivity index (χ1v) is 11.5. The number of esters is 1. The van der Waals surface area contributed by atoms with Gasteiger partial charge in [-0.25, -0.2) is 9.78 Å². The van der Waals surface area contributed by atoms with Crippen molar-refractivity contribution in [2.24, 2.45) is 11.3 Å². The molecule has 1 aliphatic carbocycles. The molecule has 174 valence electrons. The molecule has 7 heteroatoms. The Morgan fingerprint density at radius 1 is 1.26 bits per heavy atom. The maximum absolute atomic E-state index is 12.5. The topological polar surface area (TPSA) is 95.3 Å². The summed E-state index contributed by atoms with van der Waals surface area (Å²) in [5, 5.41) is 12.7. The van der Waals surface area contributed by atoms with Crippen molar-refractivity contribution in [1.29, 1.82) is 5.26 Å². The first-order chi connectivity index (χ1) is 16.3. The predicted octanol–water partition coefficient (Wildman–Crippen LogP) is 4.05. The van der Waals surface area contributed by atoms with Crippen molar-refractivity contribution in [1.82, 2.24) is 4.98 Å². The number of rotatable bonds is 5. The molecule has 0 spiro atoms. The molecule has 2 atom stereocenters. The van der Waals surface area contributed by atoms with Crippen molar-refractivity contribution in [3.8, 4) is 17.9 Å². The fraction of sp³-hybridized carbons (Fsp3) is 0.407. The second-order valence-corrected chi connectivity index (χ2v) is 9.27. The molecule has 0 bridgehead atoms. The molecular weight excluding hydrogens is 428 g/mol. The van der Waals surface area contributed by atoms with Gasteiger partial charge in [-0.05, 0) is 62.9 Å². The molecule has 1 saturated carbocycles. The van der Waals surface area contributed by atoms with Gasteiger partial charge in [-0.3, -0.25) is 4.79 Å². The molecule has 1 aliphatic heterocycles. The van der Waals surface area contributed by atoms with Crippen LogP contribution in [0.25, 0.3) is 0 Å². The zero-order valence-electron chi connectivity index (χ0n) is 19.9. The SMILES string of the molecule is COC(=O)c1ncc(C)c(C#Cc2ccc(N3C(=O)C(C)CC3C)cc2)c1NCC1(C#N)CC1. The summed E-state index contributed by atoms with van der Waals surface area (Å²) in [5.41, 5.74) is 3.35. The number of carbonyl (C=O) groups is 2. The third-order valence-electron chi connectivity index (χ3n) is 6.61. The van der Waals surface area contributed by atoms with Crippen LogP contribution < -0.4 is 10.2 Å². The van der Waals surface area contributed by atoms with Gasteiger partial charge in [-0.2, -0.15) is 5.26 Å². The molecule has 1 amide bonds. The largest absolute Gasteiger partial charge is 0.464 e. The Morgan fingerprint density at radius 2 is 1.97 bits per heavy atom. The standard InChI is InChI=1S/C27H28N4O3/c1-17-13-19(3)31(25(17)32)21-8-5-20(6-9-21)7-10-22-18(2)14-29-24(26(33)34-4)23(22)30-16-27(15-28)11-12-27/h5-6,8-9,14,17,19,30H,11-13,16H2,1-4H3. The smallest absolute Gasteiger partial charge is 0.358 e. The van der Waals surface area contributed by atoms with Crippen LogP contribution in [0.3, 0.4) is 0 Å². The highest BCUT2D eigenvalue weighted by Crippen LogP contribution is 2.45. The van der Waals surface area contributed by atoms with Crippen LogP contribution in [0.4, 0.5) is 11.4 Å². The number of nitriles is 1. The van der Waals surface area contributed by atoms with E-state index in [0.29, 0.717) is 17.8 Å². The van der Waals surface area contributed by atoms with Gasteiger partial charge in [0.15, 0.2) is 5.69 Å². The van der Waals surface area contributed by atoms with Gasteiger partial charge in [0.05, 0.1) is 29.8 Å². The Hall–Kier alpha value is -3.84. The number of pyridine rings is 1. The van der Waals surface area contributed by atoms with E-state index in [1.807, 2.05) is 43.0 Å². The van der Waals surface area contributed by atoms with Gasteiger partial charge in [0.25, 0.3) is 0 Å². The van der Waals surface area contributed by atoms with Crippen molar-refractivity contribution in [2.45, 2.75) is 46.1 Å². The van der Waals surface area contributed by atoms with Gasteiger partial charge in [0, 0.05) is 36.0 Å². The van der Waals surface area contributed by atoms with E-state index < -0.39 is 11.4 Å². The first-order valence-electron chi connectivity index (χ1n) is 11.5. The number of ether oxygens (including phenoxy) is 1. The summed E-state index contributed by atoms with van der Waals surface area (Å²) in [7, 11) is 1.31. The first kappa shape index (κ1) is 23.3. The van der Waals surface area contributed by atoms with Crippen molar-refractivity contribution in [3.05, 3.63) is 52.8 Å². The Labute approximate surface area is 200 Å². The van der Waals surface area contributed by atoms with Crippen LogP contribution in [0, 0.1) is 41.4 Å². The molecule has 1 N–H and O–H groups in total. The summed E-state index contributed by atoms with van der Waals surface area (Å²) < 4.78 is 4.91. The summed E-state index contributed by atoms with van der Waals surface area (Å²) in [6, 6.07) is 10.1. The molecule has 1 aromatic carbocycles. The van der Waals surface area contributed by atoms with Crippen molar-refractivity contribution < 1.29 is 14.3 Å². The zero-order chi connectivity index (χ0) is 24.5. The van der Waals surface area contributed by atoms with E-state index in [-0.39, 0.29) is 23.6 Å². The second-order valence-electron chi connectivity index (χ2n) is 9.27. The van der Waals surface area contributed by atoms with Gasteiger partial charge in [0.1, 0.15) is 0 Å². The summed E-state index contributed by atoms with van der Waals surface area (Å²) in [4.78, 5) is 30.9. The van der Waals surface area contributed by atoms with E-state index in [2.05, 4.69) is 35.1 Å². The average Bonchev–Trinajstić information content (AvgIpc) is 3.57. The van der Waals surface area contributed by atoms with Crippen molar-refractivity contribution in [3.63, 3.8) is 0 Å². The van der Waals surface area contributed by atoms with Gasteiger partial charge in [-0.1, -0.05) is 18.8 Å². The lowest BCUT2D eigenvalue weighted by Gasteiger charge is -2.21. The second kappa shape index (κ2) is 9.19. The molecule has 2 aliphatic rings. The number of benzene rings is 1. The molecule has 2 unspecified atom stereocenters. The highest BCUT2D eigenvalue weighted by Gasteiger charge is 2.43. The molecule has 2 fully saturated rings. The van der Waals surface area contributed by atoms with Crippen molar-refractivity contribution >= 4 is 23.3 Å². The maximum Gasteiger partial charge on any atom is 0.358 e. The summed E-state index contributed by atoms with van der Waals surface area (Å²) in [5.74, 6) is 5.97. The van der Waals surface area contributed by atoms with Crippen LogP contribution in [0.1, 0.15) is 60.3 Å². The molecule has 1 aromatic heterocycles. The van der Waals surface area contributed by atoms with Gasteiger partial charge < -0.3 is 15.0 Å². The summed E-state index contributed by atoms with van der Waals surface area (Å²) >= 11 is 0. The lowest BCUT2D eigenvalue weighted by molar-refractivity contribution is -0.119. The van der Waals surface area contributed by atoms with E-state index in [0.717, 1.165) is 36.1 Å². The summed E-state index contributed by atoms with van der Waals surface area (Å²) in [6.45, 7) is 6.33. The third kappa shape index (κ3) is 4.47. The van der Waals surface area contributed by atoms with E-state index in [4.69, 9.17) is 4.74 Å². The molecule has 7 nitrogen and oxygen atoms in total. The lowest BCUT2D eigenvalue weighted by Crippen LogP contribution is -2.31.